The number of nitrogens with zero attached hydrogens (tertiary/aromatic N) is 1. The van der Waals surface area contributed by atoms with Gasteiger partial charge in [0.05, 0.1) is 6.26 Å². The van der Waals surface area contributed by atoms with Gasteiger partial charge in [-0.2, -0.15) is 4.31 Å². The number of likely N-dealkylation sites (N-methyl/N-ethyl adjacent to an activating group) is 1. The molecule has 0 saturated heterocycles. The molecule has 2 rings (SSSR count). The molecule has 2 N–H and O–H groups in total. The minimum absolute atomic E-state index is 0.194. The topological polar surface area (TPSA) is 95.6 Å². The molecule has 138 valence electrons. The largest absolute Gasteiger partial charge is 0.326 e. The van der Waals surface area contributed by atoms with E-state index in [0.717, 1.165) is 10.6 Å². The third-order valence-electron chi connectivity index (χ3n) is 3.72. The maximum Gasteiger partial charge on any atom is 0.247 e. The molecule has 0 aliphatic rings. The van der Waals surface area contributed by atoms with Crippen molar-refractivity contribution in [3.8, 4) is 0 Å². The van der Waals surface area contributed by atoms with Crippen molar-refractivity contribution in [1.29, 1.82) is 0 Å². The van der Waals surface area contributed by atoms with Crippen molar-refractivity contribution in [2.45, 2.75) is 13.0 Å². The molecular formula is C18H21N3O4S. The van der Waals surface area contributed by atoms with Gasteiger partial charge in [-0.25, -0.2) is 8.42 Å². The Hall–Kier alpha value is -2.71. The van der Waals surface area contributed by atoms with Crippen molar-refractivity contribution in [2.24, 2.45) is 0 Å². The summed E-state index contributed by atoms with van der Waals surface area (Å²) in [5.74, 6) is -0.669. The lowest BCUT2D eigenvalue weighted by Crippen LogP contribution is -2.38. The Balaban J connectivity index is 2.25. The molecule has 0 fully saturated rings. The van der Waals surface area contributed by atoms with Crippen molar-refractivity contribution < 1.29 is 18.0 Å². The Bertz CT molecular complexity index is 880. The molecule has 7 nitrogen and oxygen atoms in total. The summed E-state index contributed by atoms with van der Waals surface area (Å²) >= 11 is 0. The van der Waals surface area contributed by atoms with Crippen LogP contribution in [0.3, 0.4) is 0 Å². The molecule has 2 aromatic carbocycles. The number of carbonyl (C=O) groups excluding carboxylic acids is 2. The van der Waals surface area contributed by atoms with E-state index >= 15 is 0 Å². The SMILES string of the molecule is CC(=O)Nc1ccc(NC(=O)[C@H](c2ccccc2)N(C)S(C)(=O)=O)cc1. The average molecular weight is 375 g/mol. The van der Waals surface area contributed by atoms with Crippen molar-refractivity contribution in [3.05, 3.63) is 60.2 Å². The number of nitrogens with one attached hydrogen (secondary N) is 2. The van der Waals surface area contributed by atoms with Crippen LogP contribution in [0.2, 0.25) is 0 Å². The van der Waals surface area contributed by atoms with E-state index in [0.29, 0.717) is 16.9 Å². The number of rotatable bonds is 6. The summed E-state index contributed by atoms with van der Waals surface area (Å²) in [5, 5.41) is 5.35. The quantitative estimate of drug-likeness (QED) is 0.809. The van der Waals surface area contributed by atoms with Gasteiger partial charge in [0.15, 0.2) is 0 Å². The molecule has 1 atom stereocenters. The number of benzene rings is 2. The third kappa shape index (κ3) is 5.14. The first-order chi connectivity index (χ1) is 12.2. The van der Waals surface area contributed by atoms with Crippen molar-refractivity contribution >= 4 is 33.2 Å². The van der Waals surface area contributed by atoms with Gasteiger partial charge in [-0.1, -0.05) is 30.3 Å². The lowest BCUT2D eigenvalue weighted by atomic mass is 10.1. The number of amides is 2. The second kappa shape index (κ2) is 8.11. The molecule has 0 spiro atoms. The first-order valence-corrected chi connectivity index (χ1v) is 9.70. The highest BCUT2D eigenvalue weighted by molar-refractivity contribution is 7.88. The van der Waals surface area contributed by atoms with Gasteiger partial charge in [0, 0.05) is 25.3 Å². The van der Waals surface area contributed by atoms with Gasteiger partial charge in [-0.05, 0) is 29.8 Å². The van der Waals surface area contributed by atoms with Crippen LogP contribution in [0.5, 0.6) is 0 Å². The van der Waals surface area contributed by atoms with Crippen LogP contribution in [0.4, 0.5) is 11.4 Å². The van der Waals surface area contributed by atoms with E-state index in [-0.39, 0.29) is 5.91 Å². The molecule has 0 aliphatic heterocycles. The van der Waals surface area contributed by atoms with Gasteiger partial charge in [0.25, 0.3) is 0 Å². The Morgan fingerprint density at radius 3 is 1.88 bits per heavy atom. The van der Waals surface area contributed by atoms with Crippen LogP contribution in [0.1, 0.15) is 18.5 Å². The van der Waals surface area contributed by atoms with Crippen LogP contribution < -0.4 is 10.6 Å². The summed E-state index contributed by atoms with van der Waals surface area (Å²) in [6.07, 6.45) is 1.05. The van der Waals surface area contributed by atoms with Gasteiger partial charge in [0.1, 0.15) is 6.04 Å². The summed E-state index contributed by atoms with van der Waals surface area (Å²) in [6.45, 7) is 1.40. The Kier molecular flexibility index (Phi) is 6.12. The van der Waals surface area contributed by atoms with Crippen LogP contribution >= 0.6 is 0 Å². The predicted octanol–water partition coefficient (Wildman–Crippen LogP) is 2.22. The minimum Gasteiger partial charge on any atom is -0.326 e. The fraction of sp³-hybridized carbons (Fsp3) is 0.222. The fourth-order valence-corrected chi connectivity index (χ4v) is 3.00. The smallest absolute Gasteiger partial charge is 0.247 e. The lowest BCUT2D eigenvalue weighted by Gasteiger charge is -2.25. The maximum atomic E-state index is 12.8. The molecule has 0 saturated carbocycles. The fourth-order valence-electron chi connectivity index (χ4n) is 2.40. The average Bonchev–Trinajstić information content (AvgIpc) is 2.56. The highest BCUT2D eigenvalue weighted by atomic mass is 32.2. The predicted molar refractivity (Wildman–Crippen MR) is 101 cm³/mol. The zero-order valence-corrected chi connectivity index (χ0v) is 15.6. The van der Waals surface area contributed by atoms with Crippen molar-refractivity contribution in [2.75, 3.05) is 23.9 Å². The molecule has 8 heteroatoms. The van der Waals surface area contributed by atoms with E-state index in [1.54, 1.807) is 54.6 Å². The van der Waals surface area contributed by atoms with E-state index in [4.69, 9.17) is 0 Å². The normalized spacial score (nSPS) is 12.5. The number of anilines is 2. The molecule has 0 heterocycles. The molecule has 2 amide bonds. The molecule has 0 aromatic heterocycles. The molecular weight excluding hydrogens is 354 g/mol. The van der Waals surface area contributed by atoms with Gasteiger partial charge in [-0.3, -0.25) is 9.59 Å². The zero-order valence-electron chi connectivity index (χ0n) is 14.8. The van der Waals surface area contributed by atoms with Gasteiger partial charge in [-0.15, -0.1) is 0 Å². The monoisotopic (exact) mass is 375 g/mol. The van der Waals surface area contributed by atoms with Crippen LogP contribution in [-0.2, 0) is 19.6 Å². The van der Waals surface area contributed by atoms with Gasteiger partial charge < -0.3 is 10.6 Å². The second-order valence-corrected chi connectivity index (χ2v) is 7.88. The van der Waals surface area contributed by atoms with Crippen LogP contribution in [0, 0.1) is 0 Å². The zero-order chi connectivity index (χ0) is 19.3. The van der Waals surface area contributed by atoms with Gasteiger partial charge in [0.2, 0.25) is 21.8 Å². The number of carbonyl (C=O) groups is 2. The summed E-state index contributed by atoms with van der Waals surface area (Å²) in [4.78, 5) is 23.8. The van der Waals surface area contributed by atoms with Gasteiger partial charge >= 0.3 is 0 Å². The van der Waals surface area contributed by atoms with E-state index in [1.807, 2.05) is 0 Å². The van der Waals surface area contributed by atoms with Crippen molar-refractivity contribution in [1.82, 2.24) is 4.31 Å². The van der Waals surface area contributed by atoms with Crippen LogP contribution in [0.25, 0.3) is 0 Å². The molecule has 0 radical (unpaired) electrons. The minimum atomic E-state index is -3.58. The summed E-state index contributed by atoms with van der Waals surface area (Å²) in [7, 11) is -2.22. The summed E-state index contributed by atoms with van der Waals surface area (Å²) in [5.41, 5.74) is 1.66. The Labute approximate surface area is 153 Å². The highest BCUT2D eigenvalue weighted by Crippen LogP contribution is 2.24. The summed E-state index contributed by atoms with van der Waals surface area (Å²) in [6, 6.07) is 14.2. The lowest BCUT2D eigenvalue weighted by molar-refractivity contribution is -0.119. The Morgan fingerprint density at radius 2 is 1.42 bits per heavy atom. The first kappa shape index (κ1) is 19.6. The molecule has 2 aromatic rings. The second-order valence-electron chi connectivity index (χ2n) is 5.84. The van der Waals surface area contributed by atoms with E-state index in [1.165, 1.54) is 14.0 Å². The van der Waals surface area contributed by atoms with E-state index in [9.17, 15) is 18.0 Å². The van der Waals surface area contributed by atoms with Crippen molar-refractivity contribution in [3.63, 3.8) is 0 Å². The molecule has 26 heavy (non-hydrogen) atoms. The summed E-state index contributed by atoms with van der Waals surface area (Å²) < 4.78 is 24.9. The van der Waals surface area contributed by atoms with Crippen LogP contribution in [-0.4, -0.2) is 37.8 Å². The Morgan fingerprint density at radius 1 is 0.923 bits per heavy atom. The molecule has 0 bridgehead atoms. The molecule has 0 unspecified atom stereocenters. The van der Waals surface area contributed by atoms with Crippen LogP contribution in [0.15, 0.2) is 54.6 Å². The maximum absolute atomic E-state index is 12.8. The number of sulfonamides is 1. The standard InChI is InChI=1S/C18H21N3O4S/c1-13(22)19-15-9-11-16(12-10-15)20-18(23)17(21(2)26(3,24)25)14-7-5-4-6-8-14/h4-12,17H,1-3H3,(H,19,22)(H,20,23)/t17-/m0/s1. The van der Waals surface area contributed by atoms with E-state index in [2.05, 4.69) is 10.6 Å². The first-order valence-electron chi connectivity index (χ1n) is 7.85. The van der Waals surface area contributed by atoms with E-state index < -0.39 is 22.0 Å². The highest BCUT2D eigenvalue weighted by Gasteiger charge is 2.30. The number of hydrogen-bond acceptors (Lipinski definition) is 4. The third-order valence-corrected chi connectivity index (χ3v) is 4.98. The number of hydrogen-bond donors (Lipinski definition) is 2. The molecule has 0 aliphatic carbocycles.